The highest BCUT2D eigenvalue weighted by Gasteiger charge is 2.25. The minimum atomic E-state index is -0.993. The van der Waals surface area contributed by atoms with Crippen molar-refractivity contribution in [3.63, 3.8) is 0 Å². The van der Waals surface area contributed by atoms with E-state index < -0.39 is 12.0 Å². The van der Waals surface area contributed by atoms with Gasteiger partial charge in [0.1, 0.15) is 6.04 Å². The van der Waals surface area contributed by atoms with Gasteiger partial charge in [-0.3, -0.25) is 4.79 Å². The number of carbonyl (C=O) groups excluding carboxylic acids is 1. The van der Waals surface area contributed by atoms with Crippen molar-refractivity contribution in [2.75, 3.05) is 0 Å². The molecule has 5 nitrogen and oxygen atoms in total. The van der Waals surface area contributed by atoms with Crippen LogP contribution in [-0.2, 0) is 16.0 Å². The topological polar surface area (TPSA) is 79.3 Å². The molecule has 0 aromatic carbocycles. The van der Waals surface area contributed by atoms with Crippen LogP contribution in [0.5, 0.6) is 0 Å². The molecule has 1 aromatic heterocycles. The normalized spacial score (nSPS) is 13.9. The number of nitrogens with zero attached hydrogens (tertiary/aromatic N) is 1. The number of carboxylic acids is 1. The van der Waals surface area contributed by atoms with E-state index in [4.69, 9.17) is 5.11 Å². The summed E-state index contributed by atoms with van der Waals surface area (Å²) in [6, 6.07) is -0.831. The van der Waals surface area contributed by atoms with Gasteiger partial charge in [-0.15, -0.1) is 11.3 Å². The highest BCUT2D eigenvalue weighted by Crippen LogP contribution is 2.10. The summed E-state index contributed by atoms with van der Waals surface area (Å²) in [6.45, 7) is 5.58. The van der Waals surface area contributed by atoms with Crippen molar-refractivity contribution in [2.45, 2.75) is 39.7 Å². The average Bonchev–Trinajstić information content (AvgIpc) is 2.70. The molecule has 1 rings (SSSR count). The summed E-state index contributed by atoms with van der Waals surface area (Å²) >= 11 is 1.47. The molecular formula is C12H18N2O3S. The lowest BCUT2D eigenvalue weighted by atomic mass is 9.99. The van der Waals surface area contributed by atoms with Gasteiger partial charge in [-0.2, -0.15) is 0 Å². The number of carboxylic acid groups (broad SMARTS) is 1. The van der Waals surface area contributed by atoms with Gasteiger partial charge in [0.2, 0.25) is 5.91 Å². The van der Waals surface area contributed by atoms with Crippen LogP contribution in [0.1, 0.15) is 31.0 Å². The fourth-order valence-electron chi connectivity index (χ4n) is 1.56. The van der Waals surface area contributed by atoms with E-state index in [1.165, 1.54) is 11.3 Å². The minimum absolute atomic E-state index is 0.0939. The number of aliphatic carboxylic acids is 1. The van der Waals surface area contributed by atoms with Crippen molar-refractivity contribution in [2.24, 2.45) is 5.92 Å². The van der Waals surface area contributed by atoms with E-state index in [2.05, 4.69) is 10.3 Å². The third-order valence-corrected chi connectivity index (χ3v) is 3.63. The highest BCUT2D eigenvalue weighted by molar-refractivity contribution is 7.09. The molecule has 0 aliphatic heterocycles. The quantitative estimate of drug-likeness (QED) is 0.823. The maximum absolute atomic E-state index is 11.7. The van der Waals surface area contributed by atoms with Gasteiger partial charge >= 0.3 is 5.97 Å². The molecule has 0 aliphatic rings. The van der Waals surface area contributed by atoms with Gasteiger partial charge in [0.15, 0.2) is 0 Å². The molecule has 6 heteroatoms. The lowest BCUT2D eigenvalue weighted by Gasteiger charge is -2.19. The molecule has 1 aromatic rings. The molecule has 2 atom stereocenters. The second-order valence-corrected chi connectivity index (χ2v) is 5.37. The summed E-state index contributed by atoms with van der Waals surface area (Å²) in [6.07, 6.45) is 0.831. The molecule has 2 N–H and O–H groups in total. The summed E-state index contributed by atoms with van der Waals surface area (Å²) < 4.78 is 0. The van der Waals surface area contributed by atoms with E-state index in [-0.39, 0.29) is 18.2 Å². The van der Waals surface area contributed by atoms with Crippen molar-refractivity contribution in [3.8, 4) is 0 Å². The molecule has 0 radical (unpaired) electrons. The maximum atomic E-state index is 11.7. The molecule has 0 spiro atoms. The Morgan fingerprint density at radius 3 is 2.67 bits per heavy atom. The van der Waals surface area contributed by atoms with E-state index in [0.29, 0.717) is 12.1 Å². The monoisotopic (exact) mass is 270 g/mol. The number of hydrogen-bond acceptors (Lipinski definition) is 4. The first-order valence-electron chi connectivity index (χ1n) is 5.87. The van der Waals surface area contributed by atoms with Crippen molar-refractivity contribution < 1.29 is 14.7 Å². The second kappa shape index (κ2) is 6.49. The summed E-state index contributed by atoms with van der Waals surface area (Å²) in [5.41, 5.74) is 0.684. The first kappa shape index (κ1) is 14.6. The van der Waals surface area contributed by atoms with Gasteiger partial charge in [-0.05, 0) is 12.8 Å². The van der Waals surface area contributed by atoms with Crippen LogP contribution in [0.3, 0.4) is 0 Å². The summed E-state index contributed by atoms with van der Waals surface area (Å²) in [5, 5.41) is 14.3. The Labute approximate surface area is 110 Å². The second-order valence-electron chi connectivity index (χ2n) is 4.30. The van der Waals surface area contributed by atoms with Crippen molar-refractivity contribution in [3.05, 3.63) is 16.1 Å². The molecular weight excluding hydrogens is 252 g/mol. The third kappa shape index (κ3) is 4.10. The number of hydrogen-bond donors (Lipinski definition) is 2. The molecule has 1 heterocycles. The molecule has 0 fully saturated rings. The van der Waals surface area contributed by atoms with Crippen molar-refractivity contribution in [1.82, 2.24) is 10.3 Å². The lowest BCUT2D eigenvalue weighted by molar-refractivity contribution is -0.143. The van der Waals surface area contributed by atoms with Crippen LogP contribution in [0, 0.1) is 12.8 Å². The number of nitrogens with one attached hydrogen (secondary N) is 1. The summed E-state index contributed by atoms with van der Waals surface area (Å²) in [4.78, 5) is 27.0. The zero-order valence-corrected chi connectivity index (χ0v) is 11.6. The Hall–Kier alpha value is -1.43. The maximum Gasteiger partial charge on any atom is 0.326 e. The standard InChI is InChI=1S/C12H18N2O3S/c1-4-7(2)11(12(16)17)14-10(15)5-9-6-18-8(3)13-9/h6-7,11H,4-5H2,1-3H3,(H,14,15)(H,16,17)/t7-,11+/m0/s1. The molecule has 100 valence electrons. The summed E-state index contributed by atoms with van der Waals surface area (Å²) in [7, 11) is 0. The predicted octanol–water partition coefficient (Wildman–Crippen LogP) is 1.61. The molecule has 0 bridgehead atoms. The molecule has 1 amide bonds. The number of thiazole rings is 1. The van der Waals surface area contributed by atoms with E-state index in [0.717, 1.165) is 5.01 Å². The SMILES string of the molecule is CC[C@H](C)[C@@H](NC(=O)Cc1csc(C)n1)C(=O)O. The Morgan fingerprint density at radius 2 is 2.22 bits per heavy atom. The van der Waals surface area contributed by atoms with Gasteiger partial charge in [0.05, 0.1) is 17.1 Å². The number of carbonyl (C=O) groups is 2. The van der Waals surface area contributed by atoms with E-state index in [1.807, 2.05) is 26.2 Å². The zero-order chi connectivity index (χ0) is 13.7. The number of rotatable bonds is 6. The average molecular weight is 270 g/mol. The smallest absolute Gasteiger partial charge is 0.326 e. The van der Waals surface area contributed by atoms with Crippen LogP contribution in [0.25, 0.3) is 0 Å². The van der Waals surface area contributed by atoms with Crippen molar-refractivity contribution in [1.29, 1.82) is 0 Å². The first-order valence-corrected chi connectivity index (χ1v) is 6.75. The Kier molecular flexibility index (Phi) is 5.27. The van der Waals surface area contributed by atoms with Gasteiger partial charge < -0.3 is 10.4 Å². The van der Waals surface area contributed by atoms with E-state index in [1.54, 1.807) is 0 Å². The third-order valence-electron chi connectivity index (χ3n) is 2.80. The Morgan fingerprint density at radius 1 is 1.56 bits per heavy atom. The number of aromatic nitrogens is 1. The van der Waals surface area contributed by atoms with Crippen LogP contribution >= 0.6 is 11.3 Å². The number of aryl methyl sites for hydroxylation is 1. The molecule has 0 unspecified atom stereocenters. The van der Waals surface area contributed by atoms with Crippen LogP contribution < -0.4 is 5.32 Å². The highest BCUT2D eigenvalue weighted by atomic mass is 32.1. The fraction of sp³-hybridized carbons (Fsp3) is 0.583. The lowest BCUT2D eigenvalue weighted by Crippen LogP contribution is -2.45. The Balaban J connectivity index is 2.59. The molecule has 0 saturated heterocycles. The van der Waals surface area contributed by atoms with E-state index >= 15 is 0 Å². The Bertz CT molecular complexity index is 431. The van der Waals surface area contributed by atoms with Gasteiger partial charge in [0.25, 0.3) is 0 Å². The van der Waals surface area contributed by atoms with Gasteiger partial charge in [-0.25, -0.2) is 9.78 Å². The van der Waals surface area contributed by atoms with E-state index in [9.17, 15) is 9.59 Å². The van der Waals surface area contributed by atoms with Crippen LogP contribution in [-0.4, -0.2) is 28.0 Å². The zero-order valence-electron chi connectivity index (χ0n) is 10.8. The first-order chi connectivity index (χ1) is 8.43. The predicted molar refractivity (Wildman–Crippen MR) is 69.6 cm³/mol. The minimum Gasteiger partial charge on any atom is -0.480 e. The largest absolute Gasteiger partial charge is 0.480 e. The van der Waals surface area contributed by atoms with Gasteiger partial charge in [0, 0.05) is 5.38 Å². The van der Waals surface area contributed by atoms with Crippen LogP contribution in [0.15, 0.2) is 5.38 Å². The van der Waals surface area contributed by atoms with Crippen LogP contribution in [0.4, 0.5) is 0 Å². The summed E-state index contributed by atoms with van der Waals surface area (Å²) in [5.74, 6) is -1.39. The van der Waals surface area contributed by atoms with Crippen molar-refractivity contribution >= 4 is 23.2 Å². The van der Waals surface area contributed by atoms with Crippen LogP contribution in [0.2, 0.25) is 0 Å². The molecule has 0 saturated carbocycles. The molecule has 0 aliphatic carbocycles. The fourth-order valence-corrected chi connectivity index (χ4v) is 2.17. The van der Waals surface area contributed by atoms with Gasteiger partial charge in [-0.1, -0.05) is 20.3 Å². The molecule has 18 heavy (non-hydrogen) atoms. The number of amides is 1.